The number of rotatable bonds is 4. The fourth-order valence-electron chi connectivity index (χ4n) is 2.71. The zero-order valence-corrected chi connectivity index (χ0v) is 10.3. The van der Waals surface area contributed by atoms with Crippen LogP contribution >= 0.6 is 0 Å². The summed E-state index contributed by atoms with van der Waals surface area (Å²) in [5.41, 5.74) is 0.958. The molecular formula is C13H18N4O. The van der Waals surface area contributed by atoms with Crippen LogP contribution in [0.25, 0.3) is 0 Å². The molecule has 0 aromatic carbocycles. The fourth-order valence-corrected chi connectivity index (χ4v) is 2.71. The highest BCUT2D eigenvalue weighted by Crippen LogP contribution is 2.28. The molecule has 5 nitrogen and oxygen atoms in total. The van der Waals surface area contributed by atoms with Crippen LogP contribution in [-0.2, 0) is 6.54 Å². The lowest BCUT2D eigenvalue weighted by Crippen LogP contribution is -2.39. The molecule has 0 amide bonds. The Balaban J connectivity index is 1.65. The highest BCUT2D eigenvalue weighted by Gasteiger charge is 2.26. The van der Waals surface area contributed by atoms with Gasteiger partial charge in [-0.25, -0.2) is 0 Å². The van der Waals surface area contributed by atoms with Gasteiger partial charge in [0.25, 0.3) is 0 Å². The van der Waals surface area contributed by atoms with E-state index in [0.717, 1.165) is 12.2 Å². The molecule has 2 atom stereocenters. The van der Waals surface area contributed by atoms with Crippen LogP contribution in [0.5, 0.6) is 0 Å². The van der Waals surface area contributed by atoms with Gasteiger partial charge in [-0.15, -0.1) is 0 Å². The molecule has 2 aromatic rings. The third-order valence-electron chi connectivity index (χ3n) is 3.63. The summed E-state index contributed by atoms with van der Waals surface area (Å²) in [6.07, 6.45) is 10.5. The molecule has 96 valence electrons. The van der Waals surface area contributed by atoms with Crippen LogP contribution in [0.2, 0.25) is 0 Å². The molecular weight excluding hydrogens is 228 g/mol. The van der Waals surface area contributed by atoms with E-state index in [-0.39, 0.29) is 0 Å². The molecule has 0 bridgehead atoms. The predicted molar refractivity (Wildman–Crippen MR) is 66.9 cm³/mol. The Bertz CT molecular complexity index is 451. The summed E-state index contributed by atoms with van der Waals surface area (Å²) in [4.78, 5) is 0. The van der Waals surface area contributed by atoms with Gasteiger partial charge in [0, 0.05) is 31.0 Å². The summed E-state index contributed by atoms with van der Waals surface area (Å²) in [6.45, 7) is 0.763. The second kappa shape index (κ2) is 5.35. The third-order valence-corrected chi connectivity index (χ3v) is 3.63. The van der Waals surface area contributed by atoms with Crippen molar-refractivity contribution in [1.82, 2.24) is 20.3 Å². The number of nitrogens with zero attached hydrogens (tertiary/aromatic N) is 3. The smallest absolute Gasteiger partial charge is 0.124 e. The van der Waals surface area contributed by atoms with E-state index in [0.29, 0.717) is 12.1 Å². The standard InChI is InChI=1S/C13H18N4O/c1-2-5-13(17-8-3-7-15-17)12(4-1)14-10-11-6-9-18-16-11/h3,6-9,12-14H,1-2,4-5,10H2/t12-,13+/m0/s1. The Morgan fingerprint density at radius 2 is 2.33 bits per heavy atom. The van der Waals surface area contributed by atoms with Gasteiger partial charge in [0.05, 0.1) is 11.7 Å². The average Bonchev–Trinajstić information content (AvgIpc) is 3.10. The van der Waals surface area contributed by atoms with Gasteiger partial charge in [-0.1, -0.05) is 18.0 Å². The van der Waals surface area contributed by atoms with Crippen molar-refractivity contribution >= 4 is 0 Å². The van der Waals surface area contributed by atoms with Gasteiger partial charge in [0.1, 0.15) is 6.26 Å². The van der Waals surface area contributed by atoms with Crippen molar-refractivity contribution in [3.8, 4) is 0 Å². The summed E-state index contributed by atoms with van der Waals surface area (Å²) in [5.74, 6) is 0. The quantitative estimate of drug-likeness (QED) is 0.898. The maximum Gasteiger partial charge on any atom is 0.124 e. The first kappa shape index (κ1) is 11.5. The molecule has 0 spiro atoms. The molecule has 0 aliphatic heterocycles. The molecule has 1 fully saturated rings. The number of hydrogen-bond acceptors (Lipinski definition) is 4. The molecule has 0 saturated heterocycles. The Labute approximate surface area is 106 Å². The van der Waals surface area contributed by atoms with E-state index in [2.05, 4.69) is 26.5 Å². The van der Waals surface area contributed by atoms with Crippen LogP contribution in [0.3, 0.4) is 0 Å². The molecule has 2 heterocycles. The molecule has 1 aliphatic rings. The van der Waals surface area contributed by atoms with Gasteiger partial charge in [0.2, 0.25) is 0 Å². The summed E-state index contributed by atoms with van der Waals surface area (Å²) >= 11 is 0. The Morgan fingerprint density at radius 1 is 1.39 bits per heavy atom. The van der Waals surface area contributed by atoms with Crippen LogP contribution in [0.1, 0.15) is 37.4 Å². The minimum Gasteiger partial charge on any atom is -0.364 e. The predicted octanol–water partition coefficient (Wildman–Crippen LogP) is 2.14. The number of hydrogen-bond donors (Lipinski definition) is 1. The summed E-state index contributed by atoms with van der Waals surface area (Å²) in [7, 11) is 0. The Hall–Kier alpha value is -1.62. The molecule has 1 aliphatic carbocycles. The van der Waals surface area contributed by atoms with Crippen molar-refractivity contribution in [1.29, 1.82) is 0 Å². The number of aromatic nitrogens is 3. The second-order valence-corrected chi connectivity index (χ2v) is 4.82. The Kier molecular flexibility index (Phi) is 3.41. The van der Waals surface area contributed by atoms with E-state index in [1.165, 1.54) is 25.7 Å². The summed E-state index contributed by atoms with van der Waals surface area (Å²) < 4.78 is 6.93. The molecule has 18 heavy (non-hydrogen) atoms. The molecule has 0 radical (unpaired) electrons. The lowest BCUT2D eigenvalue weighted by Gasteiger charge is -2.32. The zero-order valence-electron chi connectivity index (χ0n) is 10.3. The molecule has 5 heteroatoms. The molecule has 1 N–H and O–H groups in total. The first-order valence-corrected chi connectivity index (χ1v) is 6.55. The monoisotopic (exact) mass is 246 g/mol. The van der Waals surface area contributed by atoms with Crippen LogP contribution in [0.4, 0.5) is 0 Å². The van der Waals surface area contributed by atoms with Crippen molar-refractivity contribution in [2.24, 2.45) is 0 Å². The van der Waals surface area contributed by atoms with Crippen LogP contribution < -0.4 is 5.32 Å². The van der Waals surface area contributed by atoms with Crippen molar-refractivity contribution in [3.05, 3.63) is 36.5 Å². The molecule has 3 rings (SSSR count). The minimum atomic E-state index is 0.459. The van der Waals surface area contributed by atoms with E-state index in [1.807, 2.05) is 18.3 Å². The second-order valence-electron chi connectivity index (χ2n) is 4.82. The van der Waals surface area contributed by atoms with Crippen molar-refractivity contribution < 1.29 is 4.52 Å². The van der Waals surface area contributed by atoms with Crippen LogP contribution in [0.15, 0.2) is 35.3 Å². The summed E-state index contributed by atoms with van der Waals surface area (Å²) in [5, 5.41) is 11.9. The molecule has 0 unspecified atom stereocenters. The van der Waals surface area contributed by atoms with Gasteiger partial charge < -0.3 is 9.84 Å². The molecule has 2 aromatic heterocycles. The SMILES string of the molecule is c1cnn([C@@H]2CCCC[C@@H]2NCc2ccon2)c1. The van der Waals surface area contributed by atoms with E-state index in [9.17, 15) is 0 Å². The maximum atomic E-state index is 4.85. The van der Waals surface area contributed by atoms with Gasteiger partial charge in [-0.3, -0.25) is 4.68 Å². The fraction of sp³-hybridized carbons (Fsp3) is 0.538. The number of nitrogens with one attached hydrogen (secondary N) is 1. The maximum absolute atomic E-state index is 4.85. The van der Waals surface area contributed by atoms with E-state index >= 15 is 0 Å². The summed E-state index contributed by atoms with van der Waals surface area (Å²) in [6, 6.07) is 4.82. The van der Waals surface area contributed by atoms with Crippen molar-refractivity contribution in [3.63, 3.8) is 0 Å². The van der Waals surface area contributed by atoms with Crippen LogP contribution in [0, 0.1) is 0 Å². The topological polar surface area (TPSA) is 55.9 Å². The van der Waals surface area contributed by atoms with Crippen LogP contribution in [-0.4, -0.2) is 21.0 Å². The van der Waals surface area contributed by atoms with Gasteiger partial charge in [0.15, 0.2) is 0 Å². The largest absolute Gasteiger partial charge is 0.364 e. The van der Waals surface area contributed by atoms with Crippen molar-refractivity contribution in [2.45, 2.75) is 44.3 Å². The lowest BCUT2D eigenvalue weighted by molar-refractivity contribution is 0.244. The first-order chi connectivity index (χ1) is 8.93. The van der Waals surface area contributed by atoms with Crippen molar-refractivity contribution in [2.75, 3.05) is 0 Å². The first-order valence-electron chi connectivity index (χ1n) is 6.55. The van der Waals surface area contributed by atoms with Gasteiger partial charge >= 0.3 is 0 Å². The average molecular weight is 246 g/mol. The van der Waals surface area contributed by atoms with E-state index in [4.69, 9.17) is 4.52 Å². The highest BCUT2D eigenvalue weighted by atomic mass is 16.5. The zero-order chi connectivity index (χ0) is 12.2. The van der Waals surface area contributed by atoms with E-state index < -0.39 is 0 Å². The lowest BCUT2D eigenvalue weighted by atomic mass is 9.90. The highest BCUT2D eigenvalue weighted by molar-refractivity contribution is 4.96. The normalized spacial score (nSPS) is 24.2. The third kappa shape index (κ3) is 2.46. The molecule has 1 saturated carbocycles. The van der Waals surface area contributed by atoms with Gasteiger partial charge in [-0.2, -0.15) is 5.10 Å². The Morgan fingerprint density at radius 3 is 3.11 bits per heavy atom. The van der Waals surface area contributed by atoms with Gasteiger partial charge in [-0.05, 0) is 18.9 Å². The van der Waals surface area contributed by atoms with E-state index in [1.54, 1.807) is 6.26 Å². The minimum absolute atomic E-state index is 0.459.